The highest BCUT2D eigenvalue weighted by atomic mass is 32.2. The average molecular weight is 260 g/mol. The third kappa shape index (κ3) is 6.77. The second kappa shape index (κ2) is 9.58. The number of hydrogen-bond donors (Lipinski definition) is 0. The monoisotopic (exact) mass is 260 g/mol. The number of thioether (sulfide) groups is 1. The molecular weight excluding hydrogens is 244 g/mol. The minimum absolute atomic E-state index is 0.329. The lowest BCUT2D eigenvalue weighted by molar-refractivity contribution is 0.218. The number of hydrogen-bond acceptors (Lipinski definition) is 5. The first-order valence-corrected chi connectivity index (χ1v) is 7.23. The average Bonchev–Trinajstić information content (AvgIpc) is 2.30. The van der Waals surface area contributed by atoms with E-state index in [4.69, 9.17) is 10.00 Å². The maximum absolute atomic E-state index is 11.5. The van der Waals surface area contributed by atoms with Gasteiger partial charge in [-0.25, -0.2) is 0 Å². The predicted molar refractivity (Wildman–Crippen MR) is 70.1 cm³/mol. The fourth-order valence-corrected chi connectivity index (χ4v) is 3.01. The van der Waals surface area contributed by atoms with Gasteiger partial charge in [0.05, 0.1) is 17.3 Å². The van der Waals surface area contributed by atoms with Gasteiger partial charge >= 0.3 is 0 Å². The molecule has 16 heavy (non-hydrogen) atoms. The first-order valence-electron chi connectivity index (χ1n) is 4.76. The van der Waals surface area contributed by atoms with E-state index >= 15 is 0 Å². The molecule has 0 aliphatic heterocycles. The Morgan fingerprint density at radius 3 is 2.88 bits per heavy atom. The Balaban J connectivity index is 4.14. The van der Waals surface area contributed by atoms with E-state index in [1.165, 1.54) is 11.8 Å². The Labute approximate surface area is 103 Å². The molecule has 0 aliphatic rings. The highest BCUT2D eigenvalue weighted by molar-refractivity contribution is 8.21. The maximum Gasteiger partial charge on any atom is 0.108 e. The molecule has 0 fully saturated rings. The standard InChI is InChI=1S/C10H16N2O2S2/c1-4-12-10(9(2)7-11)15-8-16(13)6-5-14-3/h2,4-6,8H2,1,3H3. The summed E-state index contributed by atoms with van der Waals surface area (Å²) in [6, 6.07) is 1.95. The number of methoxy groups -OCH3 is 1. The lowest BCUT2D eigenvalue weighted by Gasteiger charge is -2.03. The lowest BCUT2D eigenvalue weighted by atomic mass is 10.4. The lowest BCUT2D eigenvalue weighted by Crippen LogP contribution is -2.08. The van der Waals surface area contributed by atoms with Crippen LogP contribution in [0.1, 0.15) is 6.92 Å². The Kier molecular flexibility index (Phi) is 9.19. The number of ether oxygens (including phenoxy) is 1. The quantitative estimate of drug-likeness (QED) is 0.396. The van der Waals surface area contributed by atoms with Crippen molar-refractivity contribution in [1.29, 1.82) is 5.26 Å². The summed E-state index contributed by atoms with van der Waals surface area (Å²) in [5.41, 5.74) is 0.329. The molecule has 0 aromatic rings. The number of nitriles is 1. The van der Waals surface area contributed by atoms with Gasteiger partial charge in [0.1, 0.15) is 11.1 Å². The van der Waals surface area contributed by atoms with E-state index in [1.54, 1.807) is 7.11 Å². The molecule has 1 atom stereocenters. The van der Waals surface area contributed by atoms with Crippen molar-refractivity contribution in [3.8, 4) is 6.07 Å². The molecule has 0 radical (unpaired) electrons. The highest BCUT2D eigenvalue weighted by Gasteiger charge is 2.07. The normalized spacial score (nSPS) is 13.2. The molecule has 0 spiro atoms. The van der Waals surface area contributed by atoms with Crippen LogP contribution in [0.4, 0.5) is 0 Å². The summed E-state index contributed by atoms with van der Waals surface area (Å²) in [5.74, 6) is 0.502. The van der Waals surface area contributed by atoms with Gasteiger partial charge in [0.15, 0.2) is 0 Å². The van der Waals surface area contributed by atoms with Gasteiger partial charge in [-0.15, -0.1) is 0 Å². The Morgan fingerprint density at radius 1 is 1.69 bits per heavy atom. The van der Waals surface area contributed by atoms with Crippen molar-refractivity contribution in [3.63, 3.8) is 0 Å². The third-order valence-electron chi connectivity index (χ3n) is 1.54. The fourth-order valence-electron chi connectivity index (χ4n) is 0.776. The Bertz CT molecular complexity index is 321. The molecule has 0 amide bonds. The smallest absolute Gasteiger partial charge is 0.108 e. The number of aliphatic imine (C=N–C) groups is 1. The molecule has 0 aromatic heterocycles. The van der Waals surface area contributed by atoms with E-state index in [0.717, 1.165) is 0 Å². The summed E-state index contributed by atoms with van der Waals surface area (Å²) in [5, 5.41) is 9.70. The molecule has 1 unspecified atom stereocenters. The van der Waals surface area contributed by atoms with Crippen molar-refractivity contribution >= 4 is 27.6 Å². The largest absolute Gasteiger partial charge is 0.384 e. The van der Waals surface area contributed by atoms with E-state index < -0.39 is 10.8 Å². The second-order valence-corrected chi connectivity index (χ2v) is 5.67. The SMILES string of the molecule is C=C(C#N)C(=NCC)SCS(=O)CCOC. The molecule has 90 valence electrons. The zero-order valence-electron chi connectivity index (χ0n) is 9.56. The summed E-state index contributed by atoms with van der Waals surface area (Å²) < 4.78 is 16.3. The summed E-state index contributed by atoms with van der Waals surface area (Å²) in [7, 11) is 0.619. The van der Waals surface area contributed by atoms with Gasteiger partial charge in [-0.2, -0.15) is 5.26 Å². The fraction of sp³-hybridized carbons (Fsp3) is 0.600. The van der Waals surface area contributed by atoms with E-state index in [2.05, 4.69) is 11.6 Å². The van der Waals surface area contributed by atoms with Crippen LogP contribution < -0.4 is 0 Å². The first kappa shape index (κ1) is 15.4. The number of nitrogens with zero attached hydrogens (tertiary/aromatic N) is 2. The van der Waals surface area contributed by atoms with Gasteiger partial charge in [0, 0.05) is 30.2 Å². The van der Waals surface area contributed by atoms with Gasteiger partial charge in [0.25, 0.3) is 0 Å². The van der Waals surface area contributed by atoms with Crippen LogP contribution in [0, 0.1) is 11.3 Å². The molecule has 0 aromatic carbocycles. The van der Waals surface area contributed by atoms with Crippen molar-refractivity contribution in [2.75, 3.05) is 31.1 Å². The zero-order valence-corrected chi connectivity index (χ0v) is 11.2. The van der Waals surface area contributed by atoms with E-state index in [-0.39, 0.29) is 0 Å². The molecule has 0 rings (SSSR count). The van der Waals surface area contributed by atoms with Crippen LogP contribution in [0.2, 0.25) is 0 Å². The van der Waals surface area contributed by atoms with Crippen LogP contribution in [0.3, 0.4) is 0 Å². The van der Waals surface area contributed by atoms with E-state index in [9.17, 15) is 4.21 Å². The molecule has 4 nitrogen and oxygen atoms in total. The minimum atomic E-state index is -0.956. The topological polar surface area (TPSA) is 62.5 Å². The van der Waals surface area contributed by atoms with Crippen molar-refractivity contribution in [2.45, 2.75) is 6.92 Å². The molecule has 0 saturated heterocycles. The number of rotatable bonds is 7. The van der Waals surface area contributed by atoms with Crippen LogP contribution in [0.25, 0.3) is 0 Å². The van der Waals surface area contributed by atoms with Gasteiger partial charge in [-0.1, -0.05) is 18.3 Å². The van der Waals surface area contributed by atoms with Crippen LogP contribution in [0.15, 0.2) is 17.1 Å². The Morgan fingerprint density at radius 2 is 2.38 bits per heavy atom. The van der Waals surface area contributed by atoms with Crippen molar-refractivity contribution in [2.24, 2.45) is 4.99 Å². The second-order valence-electron chi connectivity index (χ2n) is 2.77. The van der Waals surface area contributed by atoms with Crippen molar-refractivity contribution < 1.29 is 8.95 Å². The molecule has 6 heteroatoms. The van der Waals surface area contributed by atoms with Crippen molar-refractivity contribution in [3.05, 3.63) is 12.2 Å². The summed E-state index contributed by atoms with van der Waals surface area (Å²) >= 11 is 1.31. The molecule has 0 bridgehead atoms. The molecule has 0 heterocycles. The van der Waals surface area contributed by atoms with Crippen LogP contribution in [0.5, 0.6) is 0 Å². The zero-order chi connectivity index (χ0) is 12.4. The molecule has 0 aliphatic carbocycles. The van der Waals surface area contributed by atoms with Gasteiger partial charge in [-0.3, -0.25) is 9.20 Å². The van der Waals surface area contributed by atoms with Crippen molar-refractivity contribution in [1.82, 2.24) is 0 Å². The molecular formula is C10H16N2O2S2. The van der Waals surface area contributed by atoms with Crippen LogP contribution >= 0.6 is 11.8 Å². The molecule has 0 N–H and O–H groups in total. The summed E-state index contributed by atoms with van der Waals surface area (Å²) in [4.78, 5) is 4.14. The first-order chi connectivity index (χ1) is 7.65. The highest BCUT2D eigenvalue weighted by Crippen LogP contribution is 2.12. The van der Waals surface area contributed by atoms with Crippen LogP contribution in [-0.2, 0) is 15.5 Å². The molecule has 0 saturated carbocycles. The maximum atomic E-state index is 11.5. The van der Waals surface area contributed by atoms with Gasteiger partial charge < -0.3 is 4.74 Å². The summed E-state index contributed by atoms with van der Waals surface area (Å²) in [6.07, 6.45) is 0. The minimum Gasteiger partial charge on any atom is -0.384 e. The van der Waals surface area contributed by atoms with Gasteiger partial charge in [0.2, 0.25) is 0 Å². The predicted octanol–water partition coefficient (Wildman–Crippen LogP) is 1.57. The van der Waals surface area contributed by atoms with Gasteiger partial charge in [-0.05, 0) is 6.92 Å². The summed E-state index contributed by atoms with van der Waals surface area (Å²) in [6.45, 7) is 6.55. The van der Waals surface area contributed by atoms with Crippen LogP contribution in [-0.4, -0.2) is 40.4 Å². The van der Waals surface area contributed by atoms with E-state index in [0.29, 0.717) is 34.6 Å². The van der Waals surface area contributed by atoms with E-state index in [1.807, 2.05) is 13.0 Å². The third-order valence-corrected chi connectivity index (χ3v) is 4.33. The Hall–Kier alpha value is -0.640.